The molecule has 25 heavy (non-hydrogen) atoms. The minimum atomic E-state index is -0.487. The standard InChI is InChI=1S/C18H30N2O5/c1-13(21)23-14-10-18(14)12-19-11-17(25-18)6-5-8-20(9-7-17)15(22)24-16(2,3)4/h14,19H,5-12H2,1-4H3. The third kappa shape index (κ3) is 4.26. The molecule has 1 N–H and O–H groups in total. The Balaban J connectivity index is 1.60. The quantitative estimate of drug-likeness (QED) is 0.724. The molecular weight excluding hydrogens is 324 g/mol. The van der Waals surface area contributed by atoms with Gasteiger partial charge in [-0.05, 0) is 40.0 Å². The molecule has 0 aromatic heterocycles. The molecule has 2 spiro atoms. The molecule has 3 fully saturated rings. The SMILES string of the molecule is CC(=O)OC1CC12CNCC1(CCCN(C(=O)OC(C)(C)C)CC1)O2. The van der Waals surface area contributed by atoms with Gasteiger partial charge in [-0.25, -0.2) is 4.79 Å². The summed E-state index contributed by atoms with van der Waals surface area (Å²) >= 11 is 0. The Kier molecular flexibility index (Phi) is 4.75. The second-order valence-corrected chi connectivity index (χ2v) is 8.58. The highest BCUT2D eigenvalue weighted by atomic mass is 16.6. The van der Waals surface area contributed by atoms with E-state index in [1.54, 1.807) is 4.90 Å². The Morgan fingerprint density at radius 2 is 1.96 bits per heavy atom. The number of carbonyl (C=O) groups excluding carboxylic acids is 2. The zero-order valence-electron chi connectivity index (χ0n) is 15.7. The van der Waals surface area contributed by atoms with Gasteiger partial charge in [-0.3, -0.25) is 4.79 Å². The van der Waals surface area contributed by atoms with Crippen LogP contribution in [0.2, 0.25) is 0 Å². The summed E-state index contributed by atoms with van der Waals surface area (Å²) in [6, 6.07) is 0. The number of hydrogen-bond donors (Lipinski definition) is 1. The third-order valence-corrected chi connectivity index (χ3v) is 5.11. The van der Waals surface area contributed by atoms with Gasteiger partial charge in [0, 0.05) is 39.5 Å². The number of amides is 1. The highest BCUT2D eigenvalue weighted by molar-refractivity contribution is 5.68. The molecule has 2 aliphatic heterocycles. The first kappa shape index (κ1) is 18.5. The van der Waals surface area contributed by atoms with E-state index >= 15 is 0 Å². The topological polar surface area (TPSA) is 77.1 Å². The summed E-state index contributed by atoms with van der Waals surface area (Å²) in [5.74, 6) is -0.262. The molecule has 0 bridgehead atoms. The molecule has 2 heterocycles. The first-order chi connectivity index (χ1) is 11.6. The molecule has 1 aliphatic carbocycles. The van der Waals surface area contributed by atoms with Gasteiger partial charge >= 0.3 is 12.1 Å². The second-order valence-electron chi connectivity index (χ2n) is 8.58. The number of nitrogens with one attached hydrogen (secondary N) is 1. The Hall–Kier alpha value is -1.34. The molecule has 1 saturated carbocycles. The average Bonchev–Trinajstić information content (AvgIpc) is 3.15. The summed E-state index contributed by atoms with van der Waals surface area (Å²) in [7, 11) is 0. The Morgan fingerprint density at radius 1 is 1.20 bits per heavy atom. The third-order valence-electron chi connectivity index (χ3n) is 5.11. The summed E-state index contributed by atoms with van der Waals surface area (Å²) in [4.78, 5) is 25.3. The molecule has 1 amide bonds. The smallest absolute Gasteiger partial charge is 0.410 e. The van der Waals surface area contributed by atoms with E-state index in [0.29, 0.717) is 19.6 Å². The van der Waals surface area contributed by atoms with Crippen molar-refractivity contribution in [3.05, 3.63) is 0 Å². The van der Waals surface area contributed by atoms with Gasteiger partial charge in [-0.2, -0.15) is 0 Å². The van der Waals surface area contributed by atoms with Gasteiger partial charge in [0.1, 0.15) is 17.3 Å². The lowest BCUT2D eigenvalue weighted by Crippen LogP contribution is -2.56. The molecule has 0 aromatic carbocycles. The van der Waals surface area contributed by atoms with E-state index in [1.165, 1.54) is 6.92 Å². The van der Waals surface area contributed by atoms with Gasteiger partial charge in [0.2, 0.25) is 0 Å². The van der Waals surface area contributed by atoms with Crippen LogP contribution in [-0.4, -0.2) is 66.0 Å². The van der Waals surface area contributed by atoms with E-state index < -0.39 is 5.60 Å². The molecule has 3 atom stereocenters. The van der Waals surface area contributed by atoms with Gasteiger partial charge in [-0.15, -0.1) is 0 Å². The highest BCUT2D eigenvalue weighted by Gasteiger charge is 2.63. The van der Waals surface area contributed by atoms with Crippen LogP contribution in [-0.2, 0) is 19.0 Å². The average molecular weight is 354 g/mol. The Bertz CT molecular complexity index is 546. The van der Waals surface area contributed by atoms with Crippen LogP contribution in [0.3, 0.4) is 0 Å². The Labute approximate surface area is 149 Å². The van der Waals surface area contributed by atoms with Gasteiger partial charge in [0.15, 0.2) is 0 Å². The van der Waals surface area contributed by atoms with Gasteiger partial charge in [-0.1, -0.05) is 0 Å². The fourth-order valence-corrected chi connectivity index (χ4v) is 3.86. The molecule has 3 rings (SSSR count). The predicted octanol–water partition coefficient (Wildman–Crippen LogP) is 1.84. The molecule has 7 heteroatoms. The molecule has 142 valence electrons. The van der Waals surface area contributed by atoms with Crippen LogP contribution in [0, 0.1) is 0 Å². The summed E-state index contributed by atoms with van der Waals surface area (Å²) in [5, 5.41) is 3.46. The predicted molar refractivity (Wildman–Crippen MR) is 91.2 cm³/mol. The van der Waals surface area contributed by atoms with Crippen LogP contribution in [0.25, 0.3) is 0 Å². The molecule has 0 radical (unpaired) electrons. The van der Waals surface area contributed by atoms with Crippen molar-refractivity contribution in [3.8, 4) is 0 Å². The van der Waals surface area contributed by atoms with Crippen LogP contribution in [0.1, 0.15) is 53.4 Å². The van der Waals surface area contributed by atoms with Crippen LogP contribution >= 0.6 is 0 Å². The fourth-order valence-electron chi connectivity index (χ4n) is 3.86. The van der Waals surface area contributed by atoms with Crippen molar-refractivity contribution in [1.82, 2.24) is 10.2 Å². The largest absolute Gasteiger partial charge is 0.459 e. The van der Waals surface area contributed by atoms with Gasteiger partial charge in [0.05, 0.1) is 5.60 Å². The van der Waals surface area contributed by atoms with Crippen molar-refractivity contribution in [3.63, 3.8) is 0 Å². The highest BCUT2D eigenvalue weighted by Crippen LogP contribution is 2.49. The number of hydrogen-bond acceptors (Lipinski definition) is 6. The number of morpholine rings is 1. The maximum atomic E-state index is 12.3. The van der Waals surface area contributed by atoms with Crippen LogP contribution < -0.4 is 5.32 Å². The number of likely N-dealkylation sites (tertiary alicyclic amines) is 1. The minimum absolute atomic E-state index is 0.153. The number of carbonyl (C=O) groups is 2. The molecule has 3 unspecified atom stereocenters. The van der Waals surface area contributed by atoms with Crippen molar-refractivity contribution in [2.75, 3.05) is 26.2 Å². The first-order valence-corrected chi connectivity index (χ1v) is 9.19. The maximum Gasteiger partial charge on any atom is 0.410 e. The zero-order chi connectivity index (χ0) is 18.3. The van der Waals surface area contributed by atoms with Crippen molar-refractivity contribution in [2.24, 2.45) is 0 Å². The van der Waals surface area contributed by atoms with Crippen LogP contribution in [0.15, 0.2) is 0 Å². The second kappa shape index (κ2) is 6.43. The van der Waals surface area contributed by atoms with E-state index in [4.69, 9.17) is 14.2 Å². The maximum absolute atomic E-state index is 12.3. The van der Waals surface area contributed by atoms with Crippen LogP contribution in [0.4, 0.5) is 4.79 Å². The summed E-state index contributed by atoms with van der Waals surface area (Å²) in [6.07, 6.45) is 2.85. The summed E-state index contributed by atoms with van der Waals surface area (Å²) < 4.78 is 17.4. The minimum Gasteiger partial charge on any atom is -0.459 e. The lowest BCUT2D eigenvalue weighted by atomic mass is 9.92. The lowest BCUT2D eigenvalue weighted by molar-refractivity contribution is -0.166. The van der Waals surface area contributed by atoms with E-state index in [-0.39, 0.29) is 29.4 Å². The monoisotopic (exact) mass is 354 g/mol. The number of nitrogens with zero attached hydrogens (tertiary/aromatic N) is 1. The number of esters is 1. The zero-order valence-corrected chi connectivity index (χ0v) is 15.7. The van der Waals surface area contributed by atoms with Crippen molar-refractivity contribution in [1.29, 1.82) is 0 Å². The number of rotatable bonds is 1. The molecule has 2 saturated heterocycles. The molecule has 3 aliphatic rings. The van der Waals surface area contributed by atoms with E-state index in [2.05, 4.69) is 5.32 Å². The molecule has 7 nitrogen and oxygen atoms in total. The molecule has 0 aromatic rings. The van der Waals surface area contributed by atoms with Gasteiger partial charge < -0.3 is 24.4 Å². The van der Waals surface area contributed by atoms with E-state index in [9.17, 15) is 9.59 Å². The lowest BCUT2D eigenvalue weighted by Gasteiger charge is -2.42. The van der Waals surface area contributed by atoms with Crippen molar-refractivity contribution >= 4 is 12.1 Å². The normalized spacial score (nSPS) is 35.4. The van der Waals surface area contributed by atoms with Crippen LogP contribution in [0.5, 0.6) is 0 Å². The Morgan fingerprint density at radius 3 is 2.64 bits per heavy atom. The van der Waals surface area contributed by atoms with E-state index in [0.717, 1.165) is 32.2 Å². The van der Waals surface area contributed by atoms with E-state index in [1.807, 2.05) is 20.8 Å². The van der Waals surface area contributed by atoms with Gasteiger partial charge in [0.25, 0.3) is 0 Å². The summed E-state index contributed by atoms with van der Waals surface area (Å²) in [5.41, 5.74) is -1.17. The fraction of sp³-hybridized carbons (Fsp3) is 0.889. The first-order valence-electron chi connectivity index (χ1n) is 9.19. The number of ether oxygens (including phenoxy) is 3. The summed E-state index contributed by atoms with van der Waals surface area (Å²) in [6.45, 7) is 9.85. The van der Waals surface area contributed by atoms with Crippen molar-refractivity contribution < 1.29 is 23.8 Å². The van der Waals surface area contributed by atoms with Crippen molar-refractivity contribution in [2.45, 2.75) is 76.3 Å². The molecular formula is C18H30N2O5.